The van der Waals surface area contributed by atoms with Crippen molar-refractivity contribution in [3.63, 3.8) is 0 Å². The van der Waals surface area contributed by atoms with Gasteiger partial charge < -0.3 is 9.47 Å². The van der Waals surface area contributed by atoms with E-state index in [0.29, 0.717) is 48.4 Å². The van der Waals surface area contributed by atoms with Crippen LogP contribution in [0.25, 0.3) is 10.2 Å². The standard InChI is InChI=1S/C25H26N4O5S/c1-33-19-5-6-21-20(16-19)26-25(35-21)28(10-9-27-11-13-34-14-12-27)24(32)17-3-2-4-18(15-17)29-22(30)7-8-23(29)31/h2-6,15-16H,7-14H2,1H3. The lowest BCUT2D eigenvalue weighted by atomic mass is 10.1. The summed E-state index contributed by atoms with van der Waals surface area (Å²) in [4.78, 5) is 48.1. The zero-order valence-corrected chi connectivity index (χ0v) is 20.3. The molecule has 0 spiro atoms. The zero-order chi connectivity index (χ0) is 24.4. The van der Waals surface area contributed by atoms with Gasteiger partial charge in [0.25, 0.3) is 5.91 Å². The largest absolute Gasteiger partial charge is 0.497 e. The monoisotopic (exact) mass is 494 g/mol. The van der Waals surface area contributed by atoms with Gasteiger partial charge in [-0.25, -0.2) is 4.98 Å². The first-order chi connectivity index (χ1) is 17.0. The molecule has 0 unspecified atom stereocenters. The van der Waals surface area contributed by atoms with Crippen molar-refractivity contribution < 1.29 is 23.9 Å². The number of rotatable bonds is 7. The van der Waals surface area contributed by atoms with Crippen LogP contribution in [0.1, 0.15) is 23.2 Å². The van der Waals surface area contributed by atoms with Crippen LogP contribution in [0.5, 0.6) is 5.75 Å². The van der Waals surface area contributed by atoms with E-state index in [4.69, 9.17) is 14.5 Å². The molecular formula is C25H26N4O5S. The number of carbonyl (C=O) groups excluding carboxylic acids is 3. The van der Waals surface area contributed by atoms with E-state index < -0.39 is 0 Å². The summed E-state index contributed by atoms with van der Waals surface area (Å²) in [6, 6.07) is 12.4. The lowest BCUT2D eigenvalue weighted by Gasteiger charge is -2.29. The Morgan fingerprint density at radius 2 is 1.89 bits per heavy atom. The molecule has 2 aromatic carbocycles. The van der Waals surface area contributed by atoms with E-state index in [-0.39, 0.29) is 30.6 Å². The van der Waals surface area contributed by atoms with Crippen molar-refractivity contribution in [1.29, 1.82) is 0 Å². The van der Waals surface area contributed by atoms with Crippen LogP contribution in [-0.2, 0) is 14.3 Å². The van der Waals surface area contributed by atoms with Crippen LogP contribution in [0.3, 0.4) is 0 Å². The number of hydrogen-bond donors (Lipinski definition) is 0. The van der Waals surface area contributed by atoms with Gasteiger partial charge in [0.05, 0.1) is 36.2 Å². The second kappa shape index (κ2) is 10.1. The van der Waals surface area contributed by atoms with Gasteiger partial charge in [-0.3, -0.25) is 29.1 Å². The predicted molar refractivity (Wildman–Crippen MR) is 133 cm³/mol. The van der Waals surface area contributed by atoms with Crippen molar-refractivity contribution in [2.75, 3.05) is 56.3 Å². The molecule has 182 valence electrons. The van der Waals surface area contributed by atoms with Crippen molar-refractivity contribution in [3.05, 3.63) is 48.0 Å². The highest BCUT2D eigenvalue weighted by Gasteiger charge is 2.31. The number of amides is 3. The molecule has 0 saturated carbocycles. The van der Waals surface area contributed by atoms with Gasteiger partial charge >= 0.3 is 0 Å². The quantitative estimate of drug-likeness (QED) is 0.467. The normalized spacial score (nSPS) is 16.8. The number of carbonyl (C=O) groups is 3. The SMILES string of the molecule is COc1ccc2sc(N(CCN3CCOCC3)C(=O)c3cccc(N4C(=O)CCC4=O)c3)nc2c1. The molecule has 35 heavy (non-hydrogen) atoms. The Bertz CT molecular complexity index is 1250. The molecule has 2 aliphatic rings. The number of anilines is 2. The lowest BCUT2D eigenvalue weighted by Crippen LogP contribution is -2.43. The molecule has 2 saturated heterocycles. The van der Waals surface area contributed by atoms with Crippen LogP contribution < -0.4 is 14.5 Å². The Labute approximate surface area is 206 Å². The predicted octanol–water partition coefficient (Wildman–Crippen LogP) is 2.94. The van der Waals surface area contributed by atoms with Crippen molar-refractivity contribution in [2.24, 2.45) is 0 Å². The Balaban J connectivity index is 1.46. The van der Waals surface area contributed by atoms with Gasteiger partial charge in [0, 0.05) is 50.7 Å². The van der Waals surface area contributed by atoms with Crippen LogP contribution in [0.2, 0.25) is 0 Å². The van der Waals surface area contributed by atoms with Crippen LogP contribution in [0.4, 0.5) is 10.8 Å². The van der Waals surface area contributed by atoms with E-state index in [1.165, 1.54) is 16.2 Å². The zero-order valence-electron chi connectivity index (χ0n) is 19.4. The van der Waals surface area contributed by atoms with Crippen molar-refractivity contribution in [2.45, 2.75) is 12.8 Å². The van der Waals surface area contributed by atoms with Crippen molar-refractivity contribution >= 4 is 50.1 Å². The molecule has 0 atom stereocenters. The number of fused-ring (bicyclic) bond motifs is 1. The lowest BCUT2D eigenvalue weighted by molar-refractivity contribution is -0.121. The molecule has 0 N–H and O–H groups in total. The fourth-order valence-electron chi connectivity index (χ4n) is 4.29. The Morgan fingerprint density at radius 3 is 2.63 bits per heavy atom. The number of methoxy groups -OCH3 is 1. The maximum absolute atomic E-state index is 13.8. The van der Waals surface area contributed by atoms with Gasteiger partial charge in [-0.1, -0.05) is 17.4 Å². The Morgan fingerprint density at radius 1 is 1.11 bits per heavy atom. The third-order valence-electron chi connectivity index (χ3n) is 6.21. The molecule has 3 aromatic rings. The number of imide groups is 1. The molecule has 0 bridgehead atoms. The van der Waals surface area contributed by atoms with Gasteiger partial charge in [0.2, 0.25) is 11.8 Å². The van der Waals surface area contributed by atoms with Gasteiger partial charge in [-0.2, -0.15) is 0 Å². The van der Waals surface area contributed by atoms with E-state index in [2.05, 4.69) is 4.90 Å². The van der Waals surface area contributed by atoms with Crippen LogP contribution >= 0.6 is 11.3 Å². The number of aromatic nitrogens is 1. The van der Waals surface area contributed by atoms with Gasteiger partial charge in [0.1, 0.15) is 5.75 Å². The van der Waals surface area contributed by atoms with E-state index in [1.54, 1.807) is 36.3 Å². The van der Waals surface area contributed by atoms with Gasteiger partial charge in [-0.15, -0.1) is 0 Å². The van der Waals surface area contributed by atoms with Crippen LogP contribution in [-0.4, -0.2) is 74.1 Å². The van der Waals surface area contributed by atoms with E-state index in [1.807, 2.05) is 18.2 Å². The highest BCUT2D eigenvalue weighted by molar-refractivity contribution is 7.22. The van der Waals surface area contributed by atoms with E-state index in [9.17, 15) is 14.4 Å². The molecule has 10 heteroatoms. The molecular weight excluding hydrogens is 468 g/mol. The number of benzene rings is 2. The first-order valence-electron chi connectivity index (χ1n) is 11.6. The molecule has 9 nitrogen and oxygen atoms in total. The summed E-state index contributed by atoms with van der Waals surface area (Å²) in [6.45, 7) is 4.10. The Kier molecular flexibility index (Phi) is 6.76. The summed E-state index contributed by atoms with van der Waals surface area (Å²) in [5, 5.41) is 0.588. The number of morpholine rings is 1. The minimum atomic E-state index is -0.246. The molecule has 1 aromatic heterocycles. The summed E-state index contributed by atoms with van der Waals surface area (Å²) in [5.41, 5.74) is 1.58. The fraction of sp³-hybridized carbons (Fsp3) is 0.360. The highest BCUT2D eigenvalue weighted by atomic mass is 32.1. The first kappa shape index (κ1) is 23.4. The summed E-state index contributed by atoms with van der Waals surface area (Å²) in [6.07, 6.45) is 0.385. The van der Waals surface area contributed by atoms with Crippen LogP contribution in [0, 0.1) is 0 Å². The molecule has 2 aliphatic heterocycles. The van der Waals surface area contributed by atoms with Gasteiger partial charge in [-0.05, 0) is 30.3 Å². The third-order valence-corrected chi connectivity index (χ3v) is 7.27. The topological polar surface area (TPSA) is 92.3 Å². The number of ether oxygens (including phenoxy) is 2. The Hall–Kier alpha value is -3.34. The molecule has 3 heterocycles. The average Bonchev–Trinajstić information content (AvgIpc) is 3.46. The minimum Gasteiger partial charge on any atom is -0.497 e. The van der Waals surface area contributed by atoms with Gasteiger partial charge in [0.15, 0.2) is 5.13 Å². The average molecular weight is 495 g/mol. The van der Waals surface area contributed by atoms with Crippen molar-refractivity contribution in [3.8, 4) is 5.75 Å². The molecule has 2 fully saturated rings. The van der Waals surface area contributed by atoms with Crippen LogP contribution in [0.15, 0.2) is 42.5 Å². The molecule has 3 amide bonds. The minimum absolute atomic E-state index is 0.192. The smallest absolute Gasteiger partial charge is 0.260 e. The number of hydrogen-bond acceptors (Lipinski definition) is 8. The van der Waals surface area contributed by atoms with Crippen molar-refractivity contribution in [1.82, 2.24) is 9.88 Å². The molecule has 0 radical (unpaired) electrons. The van der Waals surface area contributed by atoms with E-state index in [0.717, 1.165) is 23.3 Å². The number of nitrogens with zero attached hydrogens (tertiary/aromatic N) is 4. The number of thiazole rings is 1. The summed E-state index contributed by atoms with van der Waals surface area (Å²) in [5.74, 6) is -0.0220. The molecule has 5 rings (SSSR count). The maximum atomic E-state index is 13.8. The first-order valence-corrected chi connectivity index (χ1v) is 12.4. The summed E-state index contributed by atoms with van der Waals surface area (Å²) < 4.78 is 11.7. The third kappa shape index (κ3) is 4.90. The second-order valence-corrected chi connectivity index (χ2v) is 9.42. The maximum Gasteiger partial charge on any atom is 0.260 e. The van der Waals surface area contributed by atoms with E-state index >= 15 is 0 Å². The fourth-order valence-corrected chi connectivity index (χ4v) is 5.26. The second-order valence-electron chi connectivity index (χ2n) is 8.41. The summed E-state index contributed by atoms with van der Waals surface area (Å²) >= 11 is 1.44. The summed E-state index contributed by atoms with van der Waals surface area (Å²) in [7, 11) is 1.61. The highest BCUT2D eigenvalue weighted by Crippen LogP contribution is 2.32. The molecule has 0 aliphatic carbocycles.